The van der Waals surface area contributed by atoms with Gasteiger partial charge in [0, 0.05) is 5.41 Å². The van der Waals surface area contributed by atoms with E-state index in [9.17, 15) is 4.79 Å². The summed E-state index contributed by atoms with van der Waals surface area (Å²) < 4.78 is 5.63. The number of carbonyl (C=O) groups is 1. The van der Waals surface area contributed by atoms with Gasteiger partial charge in [0.2, 0.25) is 0 Å². The standard InChI is InChI=1S/C13H27NO2/c1-11(2,3)9-13(7,12(4,5)6)16-10(15)8-14/h8-9,14H2,1-7H3/p+1. The van der Waals surface area contributed by atoms with Crippen LogP contribution in [0.15, 0.2) is 0 Å². The maximum atomic E-state index is 11.5. The number of carbonyl (C=O) groups excluding carboxylic acids is 1. The van der Waals surface area contributed by atoms with Crippen LogP contribution in [-0.4, -0.2) is 18.1 Å². The smallest absolute Gasteiger partial charge is 0.362 e. The zero-order valence-corrected chi connectivity index (χ0v) is 11.9. The molecular weight excluding hydrogens is 202 g/mol. The van der Waals surface area contributed by atoms with E-state index in [1.54, 1.807) is 0 Å². The summed E-state index contributed by atoms with van der Waals surface area (Å²) >= 11 is 0. The van der Waals surface area contributed by atoms with Crippen molar-refractivity contribution >= 4 is 5.97 Å². The maximum Gasteiger partial charge on any atom is 0.362 e. The molecule has 0 aromatic heterocycles. The summed E-state index contributed by atoms with van der Waals surface area (Å²) in [5.41, 5.74) is 3.18. The highest BCUT2D eigenvalue weighted by Crippen LogP contribution is 2.42. The summed E-state index contributed by atoms with van der Waals surface area (Å²) in [6.45, 7) is 15.0. The Hall–Kier alpha value is -0.570. The van der Waals surface area contributed by atoms with Crippen molar-refractivity contribution < 1.29 is 15.3 Å². The molecule has 0 saturated heterocycles. The van der Waals surface area contributed by atoms with E-state index in [0.717, 1.165) is 6.42 Å². The van der Waals surface area contributed by atoms with Crippen molar-refractivity contribution in [3.05, 3.63) is 0 Å². The largest absolute Gasteiger partial charge is 0.455 e. The van der Waals surface area contributed by atoms with Gasteiger partial charge in [-0.05, 0) is 18.8 Å². The third kappa shape index (κ3) is 4.52. The molecule has 1 unspecified atom stereocenters. The number of esters is 1. The fourth-order valence-corrected chi connectivity index (χ4v) is 1.77. The van der Waals surface area contributed by atoms with Crippen molar-refractivity contribution in [3.8, 4) is 0 Å². The second kappa shape index (κ2) is 4.74. The number of rotatable bonds is 3. The molecule has 3 N–H and O–H groups in total. The van der Waals surface area contributed by atoms with Gasteiger partial charge in [0.1, 0.15) is 5.60 Å². The highest BCUT2D eigenvalue weighted by molar-refractivity contribution is 5.70. The predicted molar refractivity (Wildman–Crippen MR) is 65.8 cm³/mol. The van der Waals surface area contributed by atoms with E-state index in [1.807, 2.05) is 6.92 Å². The van der Waals surface area contributed by atoms with Crippen LogP contribution in [0, 0.1) is 10.8 Å². The molecule has 16 heavy (non-hydrogen) atoms. The SMILES string of the molecule is CC(C)(C)CC(C)(OC(=O)C[NH3+])C(C)(C)C. The normalized spacial score (nSPS) is 16.8. The summed E-state index contributed by atoms with van der Waals surface area (Å²) in [6, 6.07) is 0. The molecule has 0 saturated carbocycles. The lowest BCUT2D eigenvalue weighted by Crippen LogP contribution is -2.57. The Morgan fingerprint density at radius 2 is 1.50 bits per heavy atom. The van der Waals surface area contributed by atoms with E-state index in [1.165, 1.54) is 0 Å². The minimum Gasteiger partial charge on any atom is -0.455 e. The van der Waals surface area contributed by atoms with E-state index in [4.69, 9.17) is 4.74 Å². The van der Waals surface area contributed by atoms with Gasteiger partial charge in [-0.15, -0.1) is 0 Å². The average molecular weight is 230 g/mol. The topological polar surface area (TPSA) is 53.9 Å². The monoisotopic (exact) mass is 230 g/mol. The lowest BCUT2D eigenvalue weighted by Gasteiger charge is -2.44. The van der Waals surface area contributed by atoms with E-state index < -0.39 is 5.60 Å². The van der Waals surface area contributed by atoms with Gasteiger partial charge >= 0.3 is 5.97 Å². The molecule has 3 nitrogen and oxygen atoms in total. The molecule has 0 amide bonds. The van der Waals surface area contributed by atoms with Crippen LogP contribution in [0.5, 0.6) is 0 Å². The Bertz CT molecular complexity index is 248. The number of ether oxygens (including phenoxy) is 1. The van der Waals surface area contributed by atoms with E-state index in [2.05, 4.69) is 47.3 Å². The Labute approximate surface area is 99.7 Å². The molecule has 0 aromatic carbocycles. The molecule has 0 radical (unpaired) electrons. The lowest BCUT2D eigenvalue weighted by molar-refractivity contribution is -0.362. The Balaban J connectivity index is 4.98. The van der Waals surface area contributed by atoms with Crippen molar-refractivity contribution in [2.75, 3.05) is 6.54 Å². The van der Waals surface area contributed by atoms with Gasteiger partial charge in [-0.2, -0.15) is 0 Å². The second-order valence-electron chi connectivity index (χ2n) is 6.94. The van der Waals surface area contributed by atoms with Gasteiger partial charge in [0.25, 0.3) is 0 Å². The van der Waals surface area contributed by atoms with Crippen LogP contribution in [-0.2, 0) is 9.53 Å². The van der Waals surface area contributed by atoms with Gasteiger partial charge in [-0.1, -0.05) is 41.5 Å². The first-order chi connectivity index (χ1) is 6.91. The van der Waals surface area contributed by atoms with Gasteiger partial charge in [-0.25, -0.2) is 4.79 Å². The third-order valence-electron chi connectivity index (χ3n) is 3.00. The van der Waals surface area contributed by atoms with Crippen molar-refractivity contribution in [1.29, 1.82) is 0 Å². The molecule has 96 valence electrons. The summed E-state index contributed by atoms with van der Waals surface area (Å²) in [7, 11) is 0. The molecule has 3 heteroatoms. The van der Waals surface area contributed by atoms with Crippen LogP contribution in [0.25, 0.3) is 0 Å². The van der Waals surface area contributed by atoms with Gasteiger partial charge in [0.05, 0.1) is 0 Å². The summed E-state index contributed by atoms with van der Waals surface area (Å²) in [6.07, 6.45) is 0.842. The first-order valence-corrected chi connectivity index (χ1v) is 5.92. The molecule has 0 aliphatic heterocycles. The van der Waals surface area contributed by atoms with E-state index >= 15 is 0 Å². The van der Waals surface area contributed by atoms with Crippen LogP contribution >= 0.6 is 0 Å². The van der Waals surface area contributed by atoms with E-state index in [-0.39, 0.29) is 23.3 Å². The van der Waals surface area contributed by atoms with Crippen LogP contribution in [0.3, 0.4) is 0 Å². The number of hydrogen-bond donors (Lipinski definition) is 1. The molecule has 0 aliphatic rings. The fourth-order valence-electron chi connectivity index (χ4n) is 1.77. The highest BCUT2D eigenvalue weighted by Gasteiger charge is 2.43. The number of quaternary nitrogens is 1. The van der Waals surface area contributed by atoms with Crippen molar-refractivity contribution in [3.63, 3.8) is 0 Å². The first-order valence-electron chi connectivity index (χ1n) is 5.92. The molecule has 0 bridgehead atoms. The molecule has 0 aliphatic carbocycles. The quantitative estimate of drug-likeness (QED) is 0.754. The Morgan fingerprint density at radius 3 is 1.75 bits per heavy atom. The minimum atomic E-state index is -0.444. The fraction of sp³-hybridized carbons (Fsp3) is 0.923. The molecule has 1 atom stereocenters. The second-order valence-corrected chi connectivity index (χ2v) is 6.94. The Kier molecular flexibility index (Phi) is 4.57. The van der Waals surface area contributed by atoms with Crippen molar-refractivity contribution in [1.82, 2.24) is 0 Å². The van der Waals surface area contributed by atoms with Gasteiger partial charge in [0.15, 0.2) is 6.54 Å². The summed E-state index contributed by atoms with van der Waals surface area (Å²) in [5.74, 6) is -0.221. The van der Waals surface area contributed by atoms with Gasteiger partial charge in [-0.3, -0.25) is 0 Å². The van der Waals surface area contributed by atoms with Crippen LogP contribution in [0.2, 0.25) is 0 Å². The van der Waals surface area contributed by atoms with Gasteiger partial charge < -0.3 is 10.5 Å². The van der Waals surface area contributed by atoms with Crippen LogP contribution < -0.4 is 5.73 Å². The van der Waals surface area contributed by atoms with Crippen molar-refractivity contribution in [2.24, 2.45) is 10.8 Å². The summed E-state index contributed by atoms with van der Waals surface area (Å²) in [5, 5.41) is 0. The molecule has 0 fully saturated rings. The zero-order valence-electron chi connectivity index (χ0n) is 11.9. The van der Waals surface area contributed by atoms with Crippen molar-refractivity contribution in [2.45, 2.75) is 60.5 Å². The third-order valence-corrected chi connectivity index (χ3v) is 3.00. The number of hydrogen-bond acceptors (Lipinski definition) is 2. The lowest BCUT2D eigenvalue weighted by atomic mass is 9.69. The minimum absolute atomic E-state index is 0.0783. The maximum absolute atomic E-state index is 11.5. The Morgan fingerprint density at radius 1 is 1.06 bits per heavy atom. The highest BCUT2D eigenvalue weighted by atomic mass is 16.6. The molecule has 0 spiro atoms. The molecular formula is C13H28NO2+. The predicted octanol–water partition coefficient (Wildman–Crippen LogP) is 2.01. The summed E-state index contributed by atoms with van der Waals surface area (Å²) in [4.78, 5) is 11.5. The van der Waals surface area contributed by atoms with Crippen LogP contribution in [0.4, 0.5) is 0 Å². The van der Waals surface area contributed by atoms with Crippen LogP contribution in [0.1, 0.15) is 54.9 Å². The zero-order chi connectivity index (χ0) is 13.2. The average Bonchev–Trinajstić information content (AvgIpc) is 1.98. The first kappa shape index (κ1) is 15.4. The molecule has 0 heterocycles. The molecule has 0 aromatic rings. The molecule has 0 rings (SSSR count). The van der Waals surface area contributed by atoms with E-state index in [0.29, 0.717) is 0 Å².